The number of sulfonamides is 1. The minimum absolute atomic E-state index is 0.0254. The molecule has 0 aliphatic carbocycles. The molecule has 0 atom stereocenters. The number of amides is 2. The average Bonchev–Trinajstić information content (AvgIpc) is 2.56. The van der Waals surface area contributed by atoms with Crippen LogP contribution in [0.1, 0.15) is 0 Å². The number of benzene rings is 1. The maximum absolute atomic E-state index is 12.1. The molecule has 1 heterocycles. The fourth-order valence-corrected chi connectivity index (χ4v) is 2.92. The van der Waals surface area contributed by atoms with E-state index in [1.54, 1.807) is 31.4 Å². The van der Waals surface area contributed by atoms with Crippen LogP contribution >= 0.6 is 15.9 Å². The Hall–Kier alpha value is -2.34. The molecule has 144 valence electrons. The van der Waals surface area contributed by atoms with Gasteiger partial charge in [-0.25, -0.2) is 18.5 Å². The Kier molecular flexibility index (Phi) is 7.02. The molecule has 0 unspecified atom stereocenters. The molecule has 0 aliphatic heterocycles. The molecular weight excluding hydrogens is 438 g/mol. The van der Waals surface area contributed by atoms with Crippen LogP contribution in [0.25, 0.3) is 0 Å². The van der Waals surface area contributed by atoms with Gasteiger partial charge >= 0.3 is 0 Å². The van der Waals surface area contributed by atoms with Gasteiger partial charge in [-0.3, -0.25) is 14.5 Å². The van der Waals surface area contributed by atoms with Crippen molar-refractivity contribution < 1.29 is 18.0 Å². The number of likely N-dealkylation sites (N-methyl/N-ethyl adjacent to an activating group) is 1. The standard InChI is InChI=1S/C16H18BrN5O4S/c1-22(10-16(24)21-14-6-5-11(17)8-19-14)9-15(23)20-12-3-2-4-13(7-12)27(18,25)26/h2-8H,9-10H2,1H3,(H,20,23)(H2,18,25,26)(H,19,21,24). The van der Waals surface area contributed by atoms with E-state index < -0.39 is 15.9 Å². The van der Waals surface area contributed by atoms with Crippen molar-refractivity contribution in [2.24, 2.45) is 5.14 Å². The van der Waals surface area contributed by atoms with Crippen molar-refractivity contribution in [1.29, 1.82) is 0 Å². The van der Waals surface area contributed by atoms with Crippen LogP contribution in [-0.2, 0) is 19.6 Å². The van der Waals surface area contributed by atoms with E-state index in [-0.39, 0.29) is 23.9 Å². The van der Waals surface area contributed by atoms with E-state index >= 15 is 0 Å². The Morgan fingerprint density at radius 2 is 1.81 bits per heavy atom. The van der Waals surface area contributed by atoms with E-state index in [0.717, 1.165) is 4.47 Å². The number of nitrogens with two attached hydrogens (primary N) is 1. The van der Waals surface area contributed by atoms with E-state index in [4.69, 9.17) is 5.14 Å². The van der Waals surface area contributed by atoms with Crippen LogP contribution in [0.3, 0.4) is 0 Å². The number of anilines is 2. The first kappa shape index (κ1) is 21.0. The molecule has 27 heavy (non-hydrogen) atoms. The van der Waals surface area contributed by atoms with Crippen LogP contribution in [0.4, 0.5) is 11.5 Å². The third-order valence-electron chi connectivity index (χ3n) is 3.27. The van der Waals surface area contributed by atoms with Crippen molar-refractivity contribution in [3.63, 3.8) is 0 Å². The summed E-state index contributed by atoms with van der Waals surface area (Å²) in [6, 6.07) is 9.00. The molecule has 2 aromatic rings. The highest BCUT2D eigenvalue weighted by atomic mass is 79.9. The SMILES string of the molecule is CN(CC(=O)Nc1cccc(S(N)(=O)=O)c1)CC(=O)Nc1ccc(Br)cn1. The number of aromatic nitrogens is 1. The number of primary sulfonamides is 1. The first-order chi connectivity index (χ1) is 12.6. The molecule has 0 fully saturated rings. The Bertz CT molecular complexity index is 934. The molecule has 0 saturated carbocycles. The second-order valence-corrected chi connectivity index (χ2v) is 8.18. The maximum Gasteiger partial charge on any atom is 0.239 e. The Labute approximate surface area is 165 Å². The summed E-state index contributed by atoms with van der Waals surface area (Å²) < 4.78 is 23.5. The van der Waals surface area contributed by atoms with Gasteiger partial charge in [-0.05, 0) is 53.3 Å². The third kappa shape index (κ3) is 7.06. The number of pyridine rings is 1. The largest absolute Gasteiger partial charge is 0.325 e. The summed E-state index contributed by atoms with van der Waals surface area (Å²) in [4.78, 5) is 29.5. The van der Waals surface area contributed by atoms with Gasteiger partial charge in [0.2, 0.25) is 21.8 Å². The molecule has 11 heteroatoms. The second kappa shape index (κ2) is 9.04. The highest BCUT2D eigenvalue weighted by Crippen LogP contribution is 2.14. The number of carbonyl (C=O) groups is 2. The number of nitrogens with one attached hydrogen (secondary N) is 2. The molecule has 4 N–H and O–H groups in total. The van der Waals surface area contributed by atoms with Gasteiger partial charge in [0.15, 0.2) is 0 Å². The first-order valence-corrected chi connectivity index (χ1v) is 10.00. The average molecular weight is 456 g/mol. The lowest BCUT2D eigenvalue weighted by Crippen LogP contribution is -2.36. The topological polar surface area (TPSA) is 134 Å². The lowest BCUT2D eigenvalue weighted by molar-refractivity contribution is -0.119. The molecule has 0 radical (unpaired) electrons. The van der Waals surface area contributed by atoms with E-state index in [0.29, 0.717) is 11.5 Å². The highest BCUT2D eigenvalue weighted by molar-refractivity contribution is 9.10. The number of hydrogen-bond donors (Lipinski definition) is 3. The maximum atomic E-state index is 12.1. The zero-order chi connectivity index (χ0) is 20.0. The predicted octanol–water partition coefficient (Wildman–Crippen LogP) is 1.00. The van der Waals surface area contributed by atoms with Gasteiger partial charge < -0.3 is 10.6 Å². The van der Waals surface area contributed by atoms with E-state index in [1.165, 1.54) is 23.1 Å². The zero-order valence-electron chi connectivity index (χ0n) is 14.3. The smallest absolute Gasteiger partial charge is 0.239 e. The molecular formula is C16H18BrN5O4S. The summed E-state index contributed by atoms with van der Waals surface area (Å²) in [7, 11) is -2.25. The van der Waals surface area contributed by atoms with E-state index in [2.05, 4.69) is 31.5 Å². The Balaban J connectivity index is 1.86. The van der Waals surface area contributed by atoms with Crippen LogP contribution in [0.2, 0.25) is 0 Å². The zero-order valence-corrected chi connectivity index (χ0v) is 16.7. The van der Waals surface area contributed by atoms with Crippen LogP contribution in [-0.4, -0.2) is 50.3 Å². The summed E-state index contributed by atoms with van der Waals surface area (Å²) in [6.45, 7) is -0.0941. The fourth-order valence-electron chi connectivity index (χ4n) is 2.13. The molecule has 0 aliphatic rings. The van der Waals surface area contributed by atoms with E-state index in [9.17, 15) is 18.0 Å². The van der Waals surface area contributed by atoms with Gasteiger partial charge in [0.05, 0.1) is 18.0 Å². The summed E-state index contributed by atoms with van der Waals surface area (Å²) in [5, 5.41) is 10.2. The summed E-state index contributed by atoms with van der Waals surface area (Å²) >= 11 is 3.25. The number of halogens is 1. The van der Waals surface area contributed by atoms with Gasteiger partial charge in [-0.2, -0.15) is 0 Å². The van der Waals surface area contributed by atoms with Crippen LogP contribution in [0.15, 0.2) is 52.0 Å². The summed E-state index contributed by atoms with van der Waals surface area (Å²) in [5.41, 5.74) is 0.295. The summed E-state index contributed by atoms with van der Waals surface area (Å²) in [5.74, 6) is -0.323. The van der Waals surface area contributed by atoms with Crippen molar-refractivity contribution in [3.05, 3.63) is 47.1 Å². The number of nitrogens with zero attached hydrogens (tertiary/aromatic N) is 2. The van der Waals surface area contributed by atoms with Crippen molar-refractivity contribution in [2.75, 3.05) is 30.8 Å². The molecule has 0 spiro atoms. The third-order valence-corrected chi connectivity index (χ3v) is 4.65. The second-order valence-electron chi connectivity index (χ2n) is 5.70. The minimum atomic E-state index is -3.86. The number of hydrogen-bond acceptors (Lipinski definition) is 6. The quantitative estimate of drug-likeness (QED) is 0.569. The molecule has 2 amide bonds. The first-order valence-electron chi connectivity index (χ1n) is 7.66. The lowest BCUT2D eigenvalue weighted by Gasteiger charge is -2.16. The fraction of sp³-hybridized carbons (Fsp3) is 0.188. The van der Waals surface area contributed by atoms with Gasteiger partial charge in [-0.1, -0.05) is 6.07 Å². The highest BCUT2D eigenvalue weighted by Gasteiger charge is 2.13. The van der Waals surface area contributed by atoms with Crippen molar-refractivity contribution in [1.82, 2.24) is 9.88 Å². The molecule has 2 rings (SSSR count). The molecule has 0 saturated heterocycles. The van der Waals surface area contributed by atoms with Crippen molar-refractivity contribution >= 4 is 49.3 Å². The molecule has 1 aromatic heterocycles. The van der Waals surface area contributed by atoms with Crippen LogP contribution in [0, 0.1) is 0 Å². The summed E-state index contributed by atoms with van der Waals surface area (Å²) in [6.07, 6.45) is 1.56. The number of rotatable bonds is 7. The van der Waals surface area contributed by atoms with Gasteiger partial charge in [0.25, 0.3) is 0 Å². The normalized spacial score (nSPS) is 11.3. The lowest BCUT2D eigenvalue weighted by atomic mass is 10.3. The van der Waals surface area contributed by atoms with Crippen LogP contribution < -0.4 is 15.8 Å². The van der Waals surface area contributed by atoms with Gasteiger partial charge in [0.1, 0.15) is 5.82 Å². The monoisotopic (exact) mass is 455 g/mol. The van der Waals surface area contributed by atoms with Crippen LogP contribution in [0.5, 0.6) is 0 Å². The Morgan fingerprint density at radius 3 is 2.41 bits per heavy atom. The molecule has 0 bridgehead atoms. The van der Waals surface area contributed by atoms with Crippen molar-refractivity contribution in [2.45, 2.75) is 4.90 Å². The van der Waals surface area contributed by atoms with E-state index in [1.807, 2.05) is 0 Å². The number of carbonyl (C=O) groups excluding carboxylic acids is 2. The predicted molar refractivity (Wildman–Crippen MR) is 105 cm³/mol. The van der Waals surface area contributed by atoms with Gasteiger partial charge in [0, 0.05) is 16.4 Å². The van der Waals surface area contributed by atoms with Crippen molar-refractivity contribution in [3.8, 4) is 0 Å². The molecule has 9 nitrogen and oxygen atoms in total. The Morgan fingerprint density at radius 1 is 1.15 bits per heavy atom. The molecule has 1 aromatic carbocycles. The minimum Gasteiger partial charge on any atom is -0.325 e. The van der Waals surface area contributed by atoms with Gasteiger partial charge in [-0.15, -0.1) is 0 Å².